The summed E-state index contributed by atoms with van der Waals surface area (Å²) in [6, 6.07) is 0. The second kappa shape index (κ2) is 4.55. The number of hydrogen-bond donors (Lipinski definition) is 1. The topological polar surface area (TPSA) is 66.0 Å². The molecule has 1 unspecified atom stereocenters. The van der Waals surface area contributed by atoms with Gasteiger partial charge in [-0.2, -0.15) is 0 Å². The van der Waals surface area contributed by atoms with E-state index in [1.165, 1.54) is 0 Å². The highest BCUT2D eigenvalue weighted by Gasteiger charge is 2.25. The molecular formula is C10H16N4O. The summed E-state index contributed by atoms with van der Waals surface area (Å²) in [5.41, 5.74) is 7.49. The van der Waals surface area contributed by atoms with Crippen LogP contribution in [-0.2, 0) is 17.8 Å². The molecule has 1 fully saturated rings. The van der Waals surface area contributed by atoms with Gasteiger partial charge in [0.25, 0.3) is 0 Å². The molecule has 82 valence electrons. The van der Waals surface area contributed by atoms with E-state index in [4.69, 9.17) is 10.5 Å². The molecule has 0 radical (unpaired) electrons. The van der Waals surface area contributed by atoms with E-state index in [0.717, 1.165) is 30.8 Å². The van der Waals surface area contributed by atoms with Crippen LogP contribution in [0.3, 0.4) is 0 Å². The normalized spacial score (nSPS) is 20.7. The van der Waals surface area contributed by atoms with Crippen LogP contribution in [0, 0.1) is 0 Å². The monoisotopic (exact) mass is 208 g/mol. The maximum Gasteiger partial charge on any atom is 0.102 e. The summed E-state index contributed by atoms with van der Waals surface area (Å²) >= 11 is 0. The third-order valence-electron chi connectivity index (χ3n) is 2.58. The van der Waals surface area contributed by atoms with Gasteiger partial charge < -0.3 is 10.5 Å². The molecule has 2 N–H and O–H groups in total. The minimum Gasteiger partial charge on any atom is -0.372 e. The Kier molecular flexibility index (Phi) is 3.13. The van der Waals surface area contributed by atoms with Crippen LogP contribution in [0.15, 0.2) is 12.7 Å². The molecule has 5 heteroatoms. The van der Waals surface area contributed by atoms with Crippen molar-refractivity contribution in [1.82, 2.24) is 15.0 Å². The second-order valence-electron chi connectivity index (χ2n) is 3.60. The molecule has 1 aromatic rings. The van der Waals surface area contributed by atoms with Crippen LogP contribution in [-0.4, -0.2) is 21.6 Å². The summed E-state index contributed by atoms with van der Waals surface area (Å²) in [5, 5.41) is 8.11. The van der Waals surface area contributed by atoms with Crippen molar-refractivity contribution >= 4 is 0 Å². The van der Waals surface area contributed by atoms with Gasteiger partial charge in [-0.3, -0.25) is 0 Å². The Bertz CT molecular complexity index is 341. The highest BCUT2D eigenvalue weighted by Crippen LogP contribution is 2.29. The van der Waals surface area contributed by atoms with Gasteiger partial charge in [-0.15, -0.1) is 11.7 Å². The molecule has 15 heavy (non-hydrogen) atoms. The molecule has 1 aliphatic rings. The number of ether oxygens (including phenoxy) is 1. The van der Waals surface area contributed by atoms with E-state index >= 15 is 0 Å². The lowest BCUT2D eigenvalue weighted by atomic mass is 10.1. The van der Waals surface area contributed by atoms with Crippen LogP contribution in [0.25, 0.3) is 0 Å². The van der Waals surface area contributed by atoms with Crippen molar-refractivity contribution in [2.75, 3.05) is 6.61 Å². The third kappa shape index (κ3) is 1.93. The largest absolute Gasteiger partial charge is 0.372 e. The lowest BCUT2D eigenvalue weighted by Gasteiger charge is -2.11. The molecule has 0 bridgehead atoms. The molecule has 1 aromatic heterocycles. The van der Waals surface area contributed by atoms with E-state index in [-0.39, 0.29) is 6.10 Å². The first-order chi connectivity index (χ1) is 7.36. The maximum absolute atomic E-state index is 5.64. The minimum absolute atomic E-state index is 0.110. The zero-order chi connectivity index (χ0) is 10.7. The first kappa shape index (κ1) is 10.3. The van der Waals surface area contributed by atoms with Gasteiger partial charge in [0.1, 0.15) is 11.8 Å². The van der Waals surface area contributed by atoms with Crippen LogP contribution in [0.5, 0.6) is 0 Å². The van der Waals surface area contributed by atoms with Crippen LogP contribution in [0.1, 0.15) is 30.3 Å². The maximum atomic E-state index is 5.64. The zero-order valence-corrected chi connectivity index (χ0v) is 8.72. The van der Waals surface area contributed by atoms with Gasteiger partial charge in [0.15, 0.2) is 0 Å². The number of nitrogens with two attached hydrogens (primary N) is 1. The molecule has 1 saturated heterocycles. The fourth-order valence-corrected chi connectivity index (χ4v) is 1.90. The lowest BCUT2D eigenvalue weighted by molar-refractivity contribution is 0.104. The molecule has 1 atom stereocenters. The van der Waals surface area contributed by atoms with E-state index in [1.807, 2.05) is 4.68 Å². The number of nitrogens with zero attached hydrogens (tertiary/aromatic N) is 3. The van der Waals surface area contributed by atoms with Crippen LogP contribution >= 0.6 is 0 Å². The van der Waals surface area contributed by atoms with E-state index in [1.54, 1.807) is 6.08 Å². The molecule has 0 aromatic carbocycles. The van der Waals surface area contributed by atoms with Gasteiger partial charge in [-0.1, -0.05) is 11.3 Å². The molecule has 0 saturated carbocycles. The average molecular weight is 208 g/mol. The quantitative estimate of drug-likeness (QED) is 0.742. The predicted molar refractivity (Wildman–Crippen MR) is 56.0 cm³/mol. The summed E-state index contributed by atoms with van der Waals surface area (Å²) in [6.45, 7) is 5.58. The van der Waals surface area contributed by atoms with Gasteiger partial charge in [0.2, 0.25) is 0 Å². The Morgan fingerprint density at radius 2 is 2.53 bits per heavy atom. The molecule has 0 spiro atoms. The number of rotatable bonds is 4. The summed E-state index contributed by atoms with van der Waals surface area (Å²) in [4.78, 5) is 0. The van der Waals surface area contributed by atoms with Gasteiger partial charge in [0.05, 0.1) is 12.2 Å². The summed E-state index contributed by atoms with van der Waals surface area (Å²) in [5.74, 6) is 0. The highest BCUT2D eigenvalue weighted by atomic mass is 16.5. The zero-order valence-electron chi connectivity index (χ0n) is 8.72. The van der Waals surface area contributed by atoms with Gasteiger partial charge >= 0.3 is 0 Å². The van der Waals surface area contributed by atoms with Crippen molar-refractivity contribution in [3.8, 4) is 0 Å². The second-order valence-corrected chi connectivity index (χ2v) is 3.60. The predicted octanol–water partition coefficient (Wildman–Crippen LogP) is 0.774. The van der Waals surface area contributed by atoms with Gasteiger partial charge in [-0.05, 0) is 12.8 Å². The molecule has 0 amide bonds. The number of allylic oxidation sites excluding steroid dienone is 1. The third-order valence-corrected chi connectivity index (χ3v) is 2.58. The SMILES string of the molecule is C=CCn1nnc(CN)c1C1CCCO1. The molecule has 1 aliphatic heterocycles. The molecule has 5 nitrogen and oxygen atoms in total. The Morgan fingerprint density at radius 3 is 3.13 bits per heavy atom. The Morgan fingerprint density at radius 1 is 1.67 bits per heavy atom. The standard InChI is InChI=1S/C10H16N4O/c1-2-5-14-10(8(7-11)12-13-14)9-4-3-6-15-9/h2,9H,1,3-7,11H2. The van der Waals surface area contributed by atoms with E-state index in [0.29, 0.717) is 13.1 Å². The summed E-state index contributed by atoms with van der Waals surface area (Å²) in [6.07, 6.45) is 4.03. The number of aromatic nitrogens is 3. The Labute approximate surface area is 88.9 Å². The van der Waals surface area contributed by atoms with Crippen LogP contribution in [0.4, 0.5) is 0 Å². The smallest absolute Gasteiger partial charge is 0.102 e. The van der Waals surface area contributed by atoms with Gasteiger partial charge in [-0.25, -0.2) is 4.68 Å². The summed E-state index contributed by atoms with van der Waals surface area (Å²) in [7, 11) is 0. The first-order valence-corrected chi connectivity index (χ1v) is 5.21. The first-order valence-electron chi connectivity index (χ1n) is 5.21. The number of hydrogen-bond acceptors (Lipinski definition) is 4. The van der Waals surface area contributed by atoms with Crippen molar-refractivity contribution in [3.05, 3.63) is 24.0 Å². The Hall–Kier alpha value is -1.20. The molecule has 2 heterocycles. The van der Waals surface area contributed by atoms with Crippen molar-refractivity contribution in [2.45, 2.75) is 32.0 Å². The van der Waals surface area contributed by atoms with Crippen LogP contribution < -0.4 is 5.73 Å². The van der Waals surface area contributed by atoms with E-state index in [2.05, 4.69) is 16.9 Å². The van der Waals surface area contributed by atoms with Crippen molar-refractivity contribution < 1.29 is 4.74 Å². The van der Waals surface area contributed by atoms with Crippen LogP contribution in [0.2, 0.25) is 0 Å². The van der Waals surface area contributed by atoms with E-state index < -0.39 is 0 Å². The lowest BCUT2D eigenvalue weighted by Crippen LogP contribution is -2.11. The fourth-order valence-electron chi connectivity index (χ4n) is 1.90. The van der Waals surface area contributed by atoms with Crippen molar-refractivity contribution in [1.29, 1.82) is 0 Å². The minimum atomic E-state index is 0.110. The van der Waals surface area contributed by atoms with E-state index in [9.17, 15) is 0 Å². The molecule has 0 aliphatic carbocycles. The molecular weight excluding hydrogens is 192 g/mol. The van der Waals surface area contributed by atoms with Crippen molar-refractivity contribution in [3.63, 3.8) is 0 Å². The average Bonchev–Trinajstić information content (AvgIpc) is 2.85. The van der Waals surface area contributed by atoms with Crippen molar-refractivity contribution in [2.24, 2.45) is 5.73 Å². The molecule has 2 rings (SSSR count). The van der Waals surface area contributed by atoms with Gasteiger partial charge in [0, 0.05) is 13.2 Å². The highest BCUT2D eigenvalue weighted by molar-refractivity contribution is 5.14. The Balaban J connectivity index is 2.30. The fraction of sp³-hybridized carbons (Fsp3) is 0.600. The summed E-state index contributed by atoms with van der Waals surface area (Å²) < 4.78 is 7.46.